The maximum absolute atomic E-state index is 12.8. The standard InChI is InChI=1S/C25H32N4O3S/c1-5-20-15-28(12-14-32-20)22(30)17-33-24-27-26-23(29(24)16-21-7-6-13-31-21)18-8-10-19(11-9-18)25(2,3)4/h6-11,13,20H,5,12,14-17H2,1-4H3. The van der Waals surface area contributed by atoms with Gasteiger partial charge in [-0.05, 0) is 29.5 Å². The minimum atomic E-state index is 0.0814. The quantitative estimate of drug-likeness (QED) is 0.472. The van der Waals surface area contributed by atoms with Crippen molar-refractivity contribution in [2.45, 2.75) is 57.3 Å². The van der Waals surface area contributed by atoms with Gasteiger partial charge in [0, 0.05) is 18.7 Å². The molecule has 1 aliphatic heterocycles. The average Bonchev–Trinajstić information content (AvgIpc) is 3.47. The Balaban J connectivity index is 1.54. The Bertz CT molecular complexity index is 1050. The lowest BCUT2D eigenvalue weighted by molar-refractivity contribution is -0.135. The first-order valence-electron chi connectivity index (χ1n) is 11.4. The summed E-state index contributed by atoms with van der Waals surface area (Å²) in [6.07, 6.45) is 2.69. The molecule has 1 amide bonds. The topological polar surface area (TPSA) is 73.4 Å². The molecular formula is C25H32N4O3S. The molecular weight excluding hydrogens is 436 g/mol. The van der Waals surface area contributed by atoms with Crippen LogP contribution in [0.5, 0.6) is 0 Å². The second kappa shape index (κ2) is 10.1. The van der Waals surface area contributed by atoms with Crippen molar-refractivity contribution in [1.29, 1.82) is 0 Å². The normalized spacial score (nSPS) is 16.8. The smallest absolute Gasteiger partial charge is 0.233 e. The van der Waals surface area contributed by atoms with Crippen molar-refractivity contribution < 1.29 is 13.9 Å². The van der Waals surface area contributed by atoms with Gasteiger partial charge < -0.3 is 14.1 Å². The lowest BCUT2D eigenvalue weighted by atomic mass is 9.87. The van der Waals surface area contributed by atoms with Crippen LogP contribution in [-0.2, 0) is 21.5 Å². The molecule has 1 fully saturated rings. The Morgan fingerprint density at radius 3 is 2.64 bits per heavy atom. The van der Waals surface area contributed by atoms with Gasteiger partial charge in [0.15, 0.2) is 11.0 Å². The number of carbonyl (C=O) groups is 1. The third kappa shape index (κ3) is 5.68. The molecule has 1 unspecified atom stereocenters. The van der Waals surface area contributed by atoms with E-state index < -0.39 is 0 Å². The van der Waals surface area contributed by atoms with E-state index in [0.717, 1.165) is 23.6 Å². The van der Waals surface area contributed by atoms with Gasteiger partial charge in [0.1, 0.15) is 5.76 Å². The molecule has 1 atom stereocenters. The highest BCUT2D eigenvalue weighted by atomic mass is 32.2. The monoisotopic (exact) mass is 468 g/mol. The number of carbonyl (C=O) groups excluding carboxylic acids is 1. The van der Waals surface area contributed by atoms with Crippen LogP contribution in [0.4, 0.5) is 0 Å². The number of hydrogen-bond acceptors (Lipinski definition) is 6. The Morgan fingerprint density at radius 1 is 1.18 bits per heavy atom. The molecule has 8 heteroatoms. The molecule has 0 spiro atoms. The predicted molar refractivity (Wildman–Crippen MR) is 129 cm³/mol. The van der Waals surface area contributed by atoms with Crippen molar-refractivity contribution in [3.63, 3.8) is 0 Å². The molecule has 0 radical (unpaired) electrons. The van der Waals surface area contributed by atoms with Crippen LogP contribution in [0.3, 0.4) is 0 Å². The van der Waals surface area contributed by atoms with Crippen LogP contribution in [0.15, 0.2) is 52.2 Å². The zero-order valence-electron chi connectivity index (χ0n) is 19.8. The minimum absolute atomic E-state index is 0.0814. The van der Waals surface area contributed by atoms with E-state index in [9.17, 15) is 4.79 Å². The first-order chi connectivity index (χ1) is 15.8. The van der Waals surface area contributed by atoms with E-state index in [-0.39, 0.29) is 17.4 Å². The number of aromatic nitrogens is 3. The molecule has 3 aromatic rings. The number of rotatable bonds is 7. The summed E-state index contributed by atoms with van der Waals surface area (Å²) in [7, 11) is 0. The fourth-order valence-corrected chi connectivity index (χ4v) is 4.68. The number of furan rings is 1. The van der Waals surface area contributed by atoms with Gasteiger partial charge in [-0.2, -0.15) is 0 Å². The molecule has 1 aliphatic rings. The highest BCUT2D eigenvalue weighted by Crippen LogP contribution is 2.28. The van der Waals surface area contributed by atoms with Crippen molar-refractivity contribution in [2.75, 3.05) is 25.4 Å². The van der Waals surface area contributed by atoms with Crippen LogP contribution in [0.2, 0.25) is 0 Å². The molecule has 4 rings (SSSR count). The van der Waals surface area contributed by atoms with E-state index in [0.29, 0.717) is 37.2 Å². The zero-order chi connectivity index (χ0) is 23.4. The Hall–Kier alpha value is -2.58. The van der Waals surface area contributed by atoms with Gasteiger partial charge in [0.05, 0.1) is 31.3 Å². The van der Waals surface area contributed by atoms with Gasteiger partial charge in [-0.15, -0.1) is 10.2 Å². The van der Waals surface area contributed by atoms with Gasteiger partial charge in [-0.3, -0.25) is 9.36 Å². The second-order valence-electron chi connectivity index (χ2n) is 9.33. The van der Waals surface area contributed by atoms with Crippen LogP contribution in [0.25, 0.3) is 11.4 Å². The molecule has 2 aromatic heterocycles. The Labute approximate surface area is 199 Å². The number of ether oxygens (including phenoxy) is 1. The molecule has 0 aliphatic carbocycles. The third-order valence-electron chi connectivity index (χ3n) is 5.89. The summed E-state index contributed by atoms with van der Waals surface area (Å²) in [6, 6.07) is 12.3. The molecule has 33 heavy (non-hydrogen) atoms. The molecule has 1 aromatic carbocycles. The van der Waals surface area contributed by atoms with E-state index in [1.807, 2.05) is 21.6 Å². The summed E-state index contributed by atoms with van der Waals surface area (Å²) in [5.41, 5.74) is 2.33. The molecule has 0 bridgehead atoms. The number of morpholine rings is 1. The lowest BCUT2D eigenvalue weighted by Crippen LogP contribution is -2.46. The highest BCUT2D eigenvalue weighted by Gasteiger charge is 2.24. The number of benzene rings is 1. The summed E-state index contributed by atoms with van der Waals surface area (Å²) in [6.45, 7) is 11.1. The molecule has 0 saturated carbocycles. The van der Waals surface area contributed by atoms with Crippen molar-refractivity contribution in [3.05, 3.63) is 54.0 Å². The fourth-order valence-electron chi connectivity index (χ4n) is 3.84. The minimum Gasteiger partial charge on any atom is -0.467 e. The summed E-state index contributed by atoms with van der Waals surface area (Å²) >= 11 is 1.42. The number of amides is 1. The largest absolute Gasteiger partial charge is 0.467 e. The maximum atomic E-state index is 12.8. The lowest BCUT2D eigenvalue weighted by Gasteiger charge is -2.32. The van der Waals surface area contributed by atoms with Crippen LogP contribution in [-0.4, -0.2) is 57.1 Å². The van der Waals surface area contributed by atoms with Crippen molar-refractivity contribution in [2.24, 2.45) is 0 Å². The van der Waals surface area contributed by atoms with Crippen LogP contribution >= 0.6 is 11.8 Å². The van der Waals surface area contributed by atoms with Crippen LogP contribution in [0.1, 0.15) is 45.4 Å². The van der Waals surface area contributed by atoms with Gasteiger partial charge in [0.2, 0.25) is 5.91 Å². The van der Waals surface area contributed by atoms with Crippen LogP contribution in [0, 0.1) is 0 Å². The molecule has 0 N–H and O–H groups in total. The molecule has 7 nitrogen and oxygen atoms in total. The summed E-state index contributed by atoms with van der Waals surface area (Å²) in [4.78, 5) is 14.7. The van der Waals surface area contributed by atoms with E-state index >= 15 is 0 Å². The van der Waals surface area contributed by atoms with E-state index in [4.69, 9.17) is 9.15 Å². The van der Waals surface area contributed by atoms with E-state index in [1.54, 1.807) is 6.26 Å². The molecule has 1 saturated heterocycles. The van der Waals surface area contributed by atoms with Gasteiger partial charge in [0.25, 0.3) is 0 Å². The van der Waals surface area contributed by atoms with Crippen molar-refractivity contribution in [3.8, 4) is 11.4 Å². The first kappa shape index (κ1) is 23.6. The fraction of sp³-hybridized carbons (Fsp3) is 0.480. The maximum Gasteiger partial charge on any atom is 0.233 e. The number of thioether (sulfide) groups is 1. The van der Waals surface area contributed by atoms with Gasteiger partial charge in [-0.1, -0.05) is 63.7 Å². The van der Waals surface area contributed by atoms with Crippen molar-refractivity contribution >= 4 is 17.7 Å². The second-order valence-corrected chi connectivity index (χ2v) is 10.3. The van der Waals surface area contributed by atoms with E-state index in [2.05, 4.69) is 62.2 Å². The van der Waals surface area contributed by atoms with Crippen LogP contribution < -0.4 is 0 Å². The predicted octanol–water partition coefficient (Wildman–Crippen LogP) is 4.61. The van der Waals surface area contributed by atoms with E-state index in [1.165, 1.54) is 17.3 Å². The zero-order valence-corrected chi connectivity index (χ0v) is 20.6. The third-order valence-corrected chi connectivity index (χ3v) is 6.84. The first-order valence-corrected chi connectivity index (χ1v) is 12.4. The highest BCUT2D eigenvalue weighted by molar-refractivity contribution is 7.99. The summed E-state index contributed by atoms with van der Waals surface area (Å²) in [5, 5.41) is 9.62. The summed E-state index contributed by atoms with van der Waals surface area (Å²) < 4.78 is 13.3. The van der Waals surface area contributed by atoms with Gasteiger partial charge in [-0.25, -0.2) is 0 Å². The number of hydrogen-bond donors (Lipinski definition) is 0. The Morgan fingerprint density at radius 2 is 1.97 bits per heavy atom. The molecule has 176 valence electrons. The Kier molecular flexibility index (Phi) is 7.24. The SMILES string of the molecule is CCC1CN(C(=O)CSc2nnc(-c3ccc(C(C)(C)C)cc3)n2Cc2ccco2)CCO1. The van der Waals surface area contributed by atoms with Gasteiger partial charge >= 0.3 is 0 Å². The average molecular weight is 469 g/mol. The van der Waals surface area contributed by atoms with Crippen molar-refractivity contribution in [1.82, 2.24) is 19.7 Å². The summed E-state index contributed by atoms with van der Waals surface area (Å²) in [5.74, 6) is 1.99. The number of nitrogens with zero attached hydrogens (tertiary/aromatic N) is 4. The molecule has 3 heterocycles.